The van der Waals surface area contributed by atoms with Gasteiger partial charge in [-0.15, -0.1) is 0 Å². The number of methoxy groups -OCH3 is 1. The highest BCUT2D eigenvalue weighted by atomic mass is 79.9. The first-order valence-corrected chi connectivity index (χ1v) is 11.1. The molecule has 5 nitrogen and oxygen atoms in total. The van der Waals surface area contributed by atoms with E-state index in [0.717, 1.165) is 50.5 Å². The van der Waals surface area contributed by atoms with Crippen LogP contribution < -0.4 is 14.4 Å². The number of nitrogens with zero attached hydrogens (tertiary/aromatic N) is 3. The van der Waals surface area contributed by atoms with Gasteiger partial charge >= 0.3 is 0 Å². The normalized spacial score (nSPS) is 19.2. The van der Waals surface area contributed by atoms with Gasteiger partial charge in [0.25, 0.3) is 0 Å². The summed E-state index contributed by atoms with van der Waals surface area (Å²) in [6, 6.07) is 22.9. The average molecular weight is 478 g/mol. The number of hydrogen-bond donors (Lipinski definition) is 0. The van der Waals surface area contributed by atoms with Crippen molar-refractivity contribution in [3.05, 3.63) is 87.9 Å². The molecule has 0 bridgehead atoms. The Morgan fingerprint density at radius 3 is 2.45 bits per heavy atom. The van der Waals surface area contributed by atoms with Gasteiger partial charge in [0.1, 0.15) is 11.5 Å². The van der Waals surface area contributed by atoms with Crippen LogP contribution in [0.25, 0.3) is 0 Å². The number of anilines is 1. The van der Waals surface area contributed by atoms with Gasteiger partial charge in [-0.05, 0) is 60.2 Å². The number of benzene rings is 3. The first-order chi connectivity index (χ1) is 15.0. The highest BCUT2D eigenvalue weighted by Crippen LogP contribution is 2.48. The van der Waals surface area contributed by atoms with E-state index in [-0.39, 0.29) is 12.3 Å². The predicted molar refractivity (Wildman–Crippen MR) is 127 cm³/mol. The fourth-order valence-corrected chi connectivity index (χ4v) is 4.55. The second-order valence-electron chi connectivity index (χ2n) is 8.01. The molecule has 0 saturated carbocycles. The Hall–Kier alpha value is -2.99. The average Bonchev–Trinajstić information content (AvgIpc) is 3.24. The molecular weight excluding hydrogens is 454 g/mol. The Morgan fingerprint density at radius 1 is 1.03 bits per heavy atom. The van der Waals surface area contributed by atoms with Crippen LogP contribution in [0.4, 0.5) is 5.69 Å². The highest BCUT2D eigenvalue weighted by molar-refractivity contribution is 9.10. The molecule has 0 aromatic heterocycles. The molecule has 2 atom stereocenters. The third-order valence-electron chi connectivity index (χ3n) is 5.87. The first kappa shape index (κ1) is 19.9. The van der Waals surface area contributed by atoms with Crippen LogP contribution >= 0.6 is 15.9 Å². The van der Waals surface area contributed by atoms with Crippen molar-refractivity contribution in [2.75, 3.05) is 26.1 Å². The number of rotatable bonds is 4. The molecule has 3 aromatic rings. The summed E-state index contributed by atoms with van der Waals surface area (Å²) in [6.45, 7) is 0. The predicted octanol–water partition coefficient (Wildman–Crippen LogP) is 5.77. The maximum atomic E-state index is 6.47. The van der Waals surface area contributed by atoms with Crippen molar-refractivity contribution in [2.45, 2.75) is 18.7 Å². The van der Waals surface area contributed by atoms with Crippen LogP contribution in [0.1, 0.15) is 35.4 Å². The van der Waals surface area contributed by atoms with E-state index in [4.69, 9.17) is 14.6 Å². The molecular formula is C25H24BrN3O2. The monoisotopic (exact) mass is 477 g/mol. The molecule has 0 amide bonds. The maximum absolute atomic E-state index is 6.47. The second kappa shape index (κ2) is 7.93. The molecule has 6 heteroatoms. The van der Waals surface area contributed by atoms with Crippen LogP contribution in [0.3, 0.4) is 0 Å². The van der Waals surface area contributed by atoms with E-state index in [0.29, 0.717) is 0 Å². The molecule has 0 radical (unpaired) electrons. The Labute approximate surface area is 191 Å². The maximum Gasteiger partial charge on any atom is 0.213 e. The molecule has 2 heterocycles. The van der Waals surface area contributed by atoms with Crippen LogP contribution in [0.15, 0.2) is 76.3 Å². The van der Waals surface area contributed by atoms with Crippen molar-refractivity contribution in [3.63, 3.8) is 0 Å². The molecule has 3 aromatic carbocycles. The van der Waals surface area contributed by atoms with Gasteiger partial charge in [-0.25, -0.2) is 5.01 Å². The Bertz CT molecular complexity index is 1130. The lowest BCUT2D eigenvalue weighted by atomic mass is 9.96. The lowest BCUT2D eigenvalue weighted by Crippen LogP contribution is -2.33. The molecule has 0 spiro atoms. The number of ether oxygens (including phenoxy) is 2. The molecule has 31 heavy (non-hydrogen) atoms. The summed E-state index contributed by atoms with van der Waals surface area (Å²) in [5, 5.41) is 7.15. The third kappa shape index (κ3) is 3.65. The standard InChI is InChI=1S/C25H24BrN3O2/c1-28(2)19-9-4-17(5-10-19)25-29-23(21-14-18(26)8-13-24(21)31-25)15-22(27-29)16-6-11-20(30-3)12-7-16/h4-14,23,25H,15H2,1-3H3/t23-,25+/m0/s1. The van der Waals surface area contributed by atoms with Crippen LogP contribution in [0.5, 0.6) is 11.5 Å². The summed E-state index contributed by atoms with van der Waals surface area (Å²) in [6.07, 6.45) is 0.552. The van der Waals surface area contributed by atoms with Crippen molar-refractivity contribution in [1.29, 1.82) is 0 Å². The molecule has 0 saturated heterocycles. The van der Waals surface area contributed by atoms with Gasteiger partial charge < -0.3 is 14.4 Å². The largest absolute Gasteiger partial charge is 0.497 e. The molecule has 0 unspecified atom stereocenters. The van der Waals surface area contributed by atoms with Gasteiger partial charge in [-0.3, -0.25) is 0 Å². The van der Waals surface area contributed by atoms with Crippen LogP contribution in [-0.2, 0) is 0 Å². The number of hydrogen-bond acceptors (Lipinski definition) is 5. The Morgan fingerprint density at radius 2 is 1.77 bits per heavy atom. The number of fused-ring (bicyclic) bond motifs is 3. The van der Waals surface area contributed by atoms with Crippen molar-refractivity contribution >= 4 is 27.3 Å². The van der Waals surface area contributed by atoms with Gasteiger partial charge in [-0.1, -0.05) is 28.1 Å². The topological polar surface area (TPSA) is 37.3 Å². The van der Waals surface area contributed by atoms with Gasteiger partial charge in [0.05, 0.1) is 18.9 Å². The summed E-state index contributed by atoms with van der Waals surface area (Å²) in [4.78, 5) is 2.09. The molecule has 0 N–H and O–H groups in total. The minimum absolute atomic E-state index is 0.122. The van der Waals surface area contributed by atoms with E-state index in [1.807, 2.05) is 38.4 Å². The van der Waals surface area contributed by atoms with E-state index in [1.54, 1.807) is 7.11 Å². The zero-order valence-electron chi connectivity index (χ0n) is 17.7. The molecule has 158 valence electrons. The summed E-state index contributed by atoms with van der Waals surface area (Å²) in [5.74, 6) is 1.76. The molecule has 0 fully saturated rings. The van der Waals surface area contributed by atoms with E-state index in [2.05, 4.69) is 68.3 Å². The Kier molecular flexibility index (Phi) is 5.10. The third-order valence-corrected chi connectivity index (χ3v) is 6.36. The van der Waals surface area contributed by atoms with Crippen molar-refractivity contribution in [2.24, 2.45) is 5.10 Å². The lowest BCUT2D eigenvalue weighted by Gasteiger charge is -2.38. The SMILES string of the molecule is COc1ccc(C2=NN3[C@@H](c4ccc(N(C)C)cc4)Oc4ccc(Br)cc4[C@@H]3C2)cc1. The van der Waals surface area contributed by atoms with E-state index >= 15 is 0 Å². The highest BCUT2D eigenvalue weighted by Gasteiger charge is 2.41. The van der Waals surface area contributed by atoms with Crippen molar-refractivity contribution < 1.29 is 9.47 Å². The summed E-state index contributed by atoms with van der Waals surface area (Å²) >= 11 is 3.61. The van der Waals surface area contributed by atoms with Crippen LogP contribution in [0.2, 0.25) is 0 Å². The summed E-state index contributed by atoms with van der Waals surface area (Å²) in [5.41, 5.74) is 5.56. The lowest BCUT2D eigenvalue weighted by molar-refractivity contribution is -0.0190. The second-order valence-corrected chi connectivity index (χ2v) is 8.93. The summed E-state index contributed by atoms with van der Waals surface area (Å²) < 4.78 is 12.8. The minimum atomic E-state index is -0.273. The smallest absolute Gasteiger partial charge is 0.213 e. The molecule has 0 aliphatic carbocycles. The quantitative estimate of drug-likeness (QED) is 0.478. The van der Waals surface area contributed by atoms with Crippen molar-refractivity contribution in [3.8, 4) is 11.5 Å². The summed E-state index contributed by atoms with van der Waals surface area (Å²) in [7, 11) is 5.77. The first-order valence-electron chi connectivity index (χ1n) is 10.3. The van der Waals surface area contributed by atoms with E-state index in [9.17, 15) is 0 Å². The number of halogens is 1. The van der Waals surface area contributed by atoms with Gasteiger partial charge in [0.15, 0.2) is 0 Å². The van der Waals surface area contributed by atoms with Crippen LogP contribution in [-0.4, -0.2) is 31.9 Å². The molecule has 5 rings (SSSR count). The minimum Gasteiger partial charge on any atom is -0.497 e. The Balaban J connectivity index is 1.55. The van der Waals surface area contributed by atoms with E-state index < -0.39 is 0 Å². The molecule has 2 aliphatic heterocycles. The zero-order chi connectivity index (χ0) is 21.5. The number of hydrazone groups is 1. The van der Waals surface area contributed by atoms with Gasteiger partial charge in [0, 0.05) is 41.8 Å². The fraction of sp³-hybridized carbons (Fsp3) is 0.240. The zero-order valence-corrected chi connectivity index (χ0v) is 19.3. The van der Waals surface area contributed by atoms with Crippen molar-refractivity contribution in [1.82, 2.24) is 5.01 Å². The molecule has 2 aliphatic rings. The van der Waals surface area contributed by atoms with Gasteiger partial charge in [-0.2, -0.15) is 5.10 Å². The van der Waals surface area contributed by atoms with Crippen LogP contribution in [0, 0.1) is 0 Å². The fourth-order valence-electron chi connectivity index (χ4n) is 4.17. The van der Waals surface area contributed by atoms with E-state index in [1.165, 1.54) is 0 Å². The van der Waals surface area contributed by atoms with Gasteiger partial charge in [0.2, 0.25) is 6.23 Å².